The zero-order valence-corrected chi connectivity index (χ0v) is 34.0. The fourth-order valence-corrected chi connectivity index (χ4v) is 6.77. The number of hydrogen-bond donors (Lipinski definition) is 3. The van der Waals surface area contributed by atoms with Gasteiger partial charge in [0.05, 0.1) is 13.1 Å². The number of para-hydroxylation sites is 1. The molecule has 3 unspecified atom stereocenters. The van der Waals surface area contributed by atoms with Gasteiger partial charge in [0.25, 0.3) is 0 Å². The minimum absolute atomic E-state index is 0.00500. The summed E-state index contributed by atoms with van der Waals surface area (Å²) in [4.78, 5) is 75.0. The van der Waals surface area contributed by atoms with Crippen LogP contribution in [0.2, 0.25) is 0 Å². The first kappa shape index (κ1) is 47.3. The first-order chi connectivity index (χ1) is 27.2. The molecule has 5 atom stereocenters. The highest BCUT2D eigenvalue weighted by Gasteiger charge is 2.61. The number of aldehydes is 1. The van der Waals surface area contributed by atoms with Crippen molar-refractivity contribution in [2.75, 3.05) is 26.0 Å². The third kappa shape index (κ3) is 12.2. The Bertz CT molecular complexity index is 1750. The molecule has 2 saturated carbocycles. The topological polar surface area (TPSA) is 163 Å². The highest BCUT2D eigenvalue weighted by Crippen LogP contribution is 2.46. The maximum absolute atomic E-state index is 14.3. The van der Waals surface area contributed by atoms with Crippen molar-refractivity contribution >= 4 is 42.6 Å². The summed E-state index contributed by atoms with van der Waals surface area (Å²) in [5, 5.41) is 8.96. The van der Waals surface area contributed by atoms with Crippen molar-refractivity contribution in [2.24, 2.45) is 16.7 Å². The molecule has 17 heteroatoms. The molecule has 2 aromatic rings. The number of ether oxygens (including phenoxy) is 2. The maximum atomic E-state index is 14.3. The molecule has 2 heterocycles. The molecular formula is C41H55F4N5O8. The summed E-state index contributed by atoms with van der Waals surface area (Å²) < 4.78 is 54.8. The molecule has 3 fully saturated rings. The molecular weight excluding hydrogens is 766 g/mol. The second-order valence-electron chi connectivity index (χ2n) is 16.1. The number of nitrogens with one attached hydrogen (secondary N) is 3. The number of carbonyl (C=O) groups is 6. The van der Waals surface area contributed by atoms with Crippen LogP contribution >= 0.6 is 0 Å². The van der Waals surface area contributed by atoms with Gasteiger partial charge in [-0.15, -0.1) is 13.2 Å². The zero-order valence-electron chi connectivity index (χ0n) is 34.0. The lowest BCUT2D eigenvalue weighted by molar-refractivity contribution is -0.311. The largest absolute Gasteiger partial charge is 0.522 e. The fraction of sp³-hybridized carbons (Fsp3) is 0.561. The van der Waals surface area contributed by atoms with E-state index < -0.39 is 47.5 Å². The number of amides is 4. The quantitative estimate of drug-likeness (QED) is 0.211. The van der Waals surface area contributed by atoms with Gasteiger partial charge in [-0.25, -0.2) is 9.18 Å². The van der Waals surface area contributed by atoms with Gasteiger partial charge in [-0.05, 0) is 54.4 Å². The van der Waals surface area contributed by atoms with Crippen LogP contribution in [-0.4, -0.2) is 97.5 Å². The van der Waals surface area contributed by atoms with Crippen molar-refractivity contribution in [3.8, 4) is 0 Å². The SMILES string of the molecule is C=O.CC1(C=O)CC1.CCC1CC1(NC(=O)C1C[C@@H](OC(=O)N2Cc3cccc(F)c3C2)CN1C(=O)[C@@H](Nc1ccccc1)C(C)(C)C)C(=O)NC.COC(F)(F)F. The van der Waals surface area contributed by atoms with Crippen molar-refractivity contribution in [1.82, 2.24) is 20.4 Å². The van der Waals surface area contributed by atoms with Crippen molar-refractivity contribution in [2.45, 2.75) is 110 Å². The Balaban J connectivity index is 0.000000549. The van der Waals surface area contributed by atoms with Crippen molar-refractivity contribution < 1.29 is 55.8 Å². The minimum atomic E-state index is -4.46. The molecule has 13 nitrogen and oxygen atoms in total. The fourth-order valence-electron chi connectivity index (χ4n) is 6.77. The predicted octanol–water partition coefficient (Wildman–Crippen LogP) is 5.76. The normalized spacial score (nSPS) is 22.8. The second kappa shape index (κ2) is 19.6. The summed E-state index contributed by atoms with van der Waals surface area (Å²) in [6.07, 6.45) is -1.30. The van der Waals surface area contributed by atoms with Gasteiger partial charge in [-0.1, -0.05) is 71.4 Å². The Kier molecular flexibility index (Phi) is 16.0. The number of halogens is 4. The molecule has 6 rings (SSSR count). The van der Waals surface area contributed by atoms with Gasteiger partial charge in [-0.3, -0.25) is 24.0 Å². The molecule has 4 amide bonds. The van der Waals surface area contributed by atoms with Gasteiger partial charge in [-0.2, -0.15) is 0 Å². The zero-order chi connectivity index (χ0) is 43.6. The molecule has 1 saturated heterocycles. The lowest BCUT2D eigenvalue weighted by Gasteiger charge is -2.36. The summed E-state index contributed by atoms with van der Waals surface area (Å²) in [5.41, 5.74) is 0.478. The van der Waals surface area contributed by atoms with Crippen LogP contribution in [0.5, 0.6) is 0 Å². The maximum Gasteiger partial charge on any atom is 0.522 e. The van der Waals surface area contributed by atoms with Crippen LogP contribution in [0.25, 0.3) is 0 Å². The molecule has 320 valence electrons. The van der Waals surface area contributed by atoms with E-state index in [4.69, 9.17) is 9.53 Å². The molecule has 2 aliphatic carbocycles. The van der Waals surface area contributed by atoms with Crippen LogP contribution in [0, 0.1) is 22.6 Å². The Hall–Kier alpha value is -5.06. The number of fused-ring (bicyclic) bond motifs is 1. The Morgan fingerprint density at radius 1 is 1.02 bits per heavy atom. The van der Waals surface area contributed by atoms with E-state index in [1.807, 2.05) is 71.7 Å². The van der Waals surface area contributed by atoms with Crippen LogP contribution in [0.1, 0.15) is 77.8 Å². The second-order valence-corrected chi connectivity index (χ2v) is 16.1. The highest BCUT2D eigenvalue weighted by atomic mass is 19.4. The molecule has 2 aliphatic heterocycles. The van der Waals surface area contributed by atoms with Crippen LogP contribution in [0.4, 0.5) is 28.0 Å². The summed E-state index contributed by atoms with van der Waals surface area (Å²) >= 11 is 0. The van der Waals surface area contributed by atoms with Gasteiger partial charge in [0.1, 0.15) is 42.6 Å². The lowest BCUT2D eigenvalue weighted by Crippen LogP contribution is -2.58. The van der Waals surface area contributed by atoms with Crippen LogP contribution < -0.4 is 16.0 Å². The van der Waals surface area contributed by atoms with E-state index in [-0.39, 0.29) is 55.0 Å². The van der Waals surface area contributed by atoms with E-state index in [1.165, 1.54) is 22.9 Å². The smallest absolute Gasteiger partial charge is 0.444 e. The molecule has 0 spiro atoms. The third-order valence-corrected chi connectivity index (χ3v) is 10.6. The first-order valence-corrected chi connectivity index (χ1v) is 19.0. The summed E-state index contributed by atoms with van der Waals surface area (Å²) in [6, 6.07) is 12.4. The number of nitrogens with zero attached hydrogens (tertiary/aromatic N) is 2. The van der Waals surface area contributed by atoms with Crippen molar-refractivity contribution in [3.63, 3.8) is 0 Å². The van der Waals surface area contributed by atoms with Crippen molar-refractivity contribution in [3.05, 3.63) is 65.5 Å². The average molecular weight is 822 g/mol. The number of likely N-dealkylation sites (N-methyl/N-ethyl adjacent to an activating group) is 1. The van der Waals surface area contributed by atoms with E-state index in [2.05, 4.69) is 20.7 Å². The van der Waals surface area contributed by atoms with E-state index in [0.717, 1.165) is 30.4 Å². The number of carbonyl (C=O) groups excluding carboxylic acids is 6. The molecule has 0 bridgehead atoms. The van der Waals surface area contributed by atoms with E-state index in [9.17, 15) is 41.5 Å². The number of benzene rings is 2. The van der Waals surface area contributed by atoms with E-state index >= 15 is 0 Å². The highest BCUT2D eigenvalue weighted by molar-refractivity contribution is 5.98. The third-order valence-electron chi connectivity index (χ3n) is 10.6. The Morgan fingerprint density at radius 3 is 2.10 bits per heavy atom. The average Bonchev–Trinajstić information content (AvgIpc) is 3.98. The number of likely N-dealkylation sites (tertiary alicyclic amines) is 1. The number of methoxy groups -OCH3 is 1. The predicted molar refractivity (Wildman–Crippen MR) is 206 cm³/mol. The molecule has 0 aromatic heterocycles. The number of anilines is 1. The lowest BCUT2D eigenvalue weighted by atomic mass is 9.85. The van der Waals surface area contributed by atoms with Gasteiger partial charge in [0.15, 0.2) is 0 Å². The number of alkyl halides is 3. The van der Waals surface area contributed by atoms with Crippen LogP contribution in [0.3, 0.4) is 0 Å². The molecule has 3 N–H and O–H groups in total. The van der Waals surface area contributed by atoms with E-state index in [1.54, 1.807) is 12.1 Å². The van der Waals surface area contributed by atoms with Gasteiger partial charge >= 0.3 is 12.5 Å². The van der Waals surface area contributed by atoms with Gasteiger partial charge in [0, 0.05) is 43.8 Å². The summed E-state index contributed by atoms with van der Waals surface area (Å²) in [6.45, 7) is 12.1. The monoisotopic (exact) mass is 821 g/mol. The molecule has 2 aromatic carbocycles. The van der Waals surface area contributed by atoms with Crippen LogP contribution in [-0.2, 0) is 46.5 Å². The summed E-state index contributed by atoms with van der Waals surface area (Å²) in [7, 11) is 2.12. The van der Waals surface area contributed by atoms with Gasteiger partial charge in [0.2, 0.25) is 17.7 Å². The Labute approximate surface area is 336 Å². The van der Waals surface area contributed by atoms with Gasteiger partial charge < -0.3 is 35.2 Å². The van der Waals surface area contributed by atoms with Crippen LogP contribution in [0.15, 0.2) is 48.5 Å². The molecule has 0 radical (unpaired) electrons. The first-order valence-electron chi connectivity index (χ1n) is 19.0. The minimum Gasteiger partial charge on any atom is -0.444 e. The Morgan fingerprint density at radius 2 is 1.64 bits per heavy atom. The standard InChI is InChI=1S/C33H42FN5O5.C5H8O.C2H3F3O.CH2O/c1-6-21-16-33(21,30(42)35-5)37-28(40)26-15-23(44-31(43)38-17-20-11-10-14-25(34)24(20)19-38)18-39(26)29(41)27(32(2,3)4)36-22-12-8-7-9-13-22;1-5(4-6)2-3-5;1-6-2(3,4)5;1-2/h7-14,21,23,26-27,36H,6,15-19H2,1-5H3,(H,35,42)(H,37,40);4H,2-3H2,1H3;1H3;1H2/t21?,23-,26?,27-,33?;;;/m1.../s1. The van der Waals surface area contributed by atoms with Crippen molar-refractivity contribution in [1.29, 1.82) is 0 Å². The molecule has 4 aliphatic rings. The molecule has 58 heavy (non-hydrogen) atoms. The summed E-state index contributed by atoms with van der Waals surface area (Å²) in [5.74, 6) is -1.42. The number of rotatable bonds is 9. The number of hydrogen-bond acceptors (Lipinski definition) is 9. The van der Waals surface area contributed by atoms with E-state index in [0.29, 0.717) is 25.5 Å².